The minimum absolute atomic E-state index is 0.211. The summed E-state index contributed by atoms with van der Waals surface area (Å²) >= 11 is 5.67. The number of halogens is 1. The van der Waals surface area contributed by atoms with Gasteiger partial charge in [0.1, 0.15) is 5.69 Å². The van der Waals surface area contributed by atoms with Gasteiger partial charge in [0.05, 0.1) is 14.8 Å². The second-order valence-corrected chi connectivity index (χ2v) is 5.90. The zero-order chi connectivity index (χ0) is 14.1. The number of amides is 1. The molecule has 0 aliphatic rings. The van der Waals surface area contributed by atoms with E-state index in [1.165, 1.54) is 0 Å². The summed E-state index contributed by atoms with van der Waals surface area (Å²) in [5.41, 5.74) is -0.681. The Labute approximate surface area is 108 Å². The number of hydrogen-bond donors (Lipinski definition) is 1. The van der Waals surface area contributed by atoms with Gasteiger partial charge < -0.3 is 5.32 Å². The van der Waals surface area contributed by atoms with Crippen LogP contribution in [0.15, 0.2) is 17.0 Å². The van der Waals surface area contributed by atoms with Crippen LogP contribution in [0.2, 0.25) is 5.02 Å². The summed E-state index contributed by atoms with van der Waals surface area (Å²) in [6, 6.07) is 1.86. The van der Waals surface area contributed by atoms with Gasteiger partial charge in [-0.15, -0.1) is 0 Å². The molecule has 0 aromatic heterocycles. The summed E-state index contributed by atoms with van der Waals surface area (Å²) in [6.45, 7) is 1.15. The molecule has 0 saturated carbocycles. The van der Waals surface area contributed by atoms with Gasteiger partial charge in [0.15, 0.2) is 9.84 Å². The molecule has 1 amide bonds. The number of sulfone groups is 1. The van der Waals surface area contributed by atoms with Crippen LogP contribution in [0.4, 0.5) is 11.4 Å². The molecule has 0 atom stereocenters. The monoisotopic (exact) mass is 292 g/mol. The van der Waals surface area contributed by atoms with Crippen molar-refractivity contribution in [2.75, 3.05) is 11.6 Å². The van der Waals surface area contributed by atoms with E-state index >= 15 is 0 Å². The lowest BCUT2D eigenvalue weighted by Crippen LogP contribution is -2.09. The highest BCUT2D eigenvalue weighted by Crippen LogP contribution is 2.33. The first-order valence-electron chi connectivity index (χ1n) is 4.58. The molecular weight excluding hydrogens is 284 g/mol. The SMILES string of the molecule is CC(=O)Nc1cc(S(C)(=O)=O)c(Cl)cc1[N+](=O)[O-]. The fourth-order valence-corrected chi connectivity index (χ4v) is 2.59. The molecule has 0 bridgehead atoms. The van der Waals surface area contributed by atoms with Crippen LogP contribution in [0, 0.1) is 10.1 Å². The standard InChI is InChI=1S/C9H9ClN2O5S/c1-5(13)11-7-4-9(18(2,16)17)6(10)3-8(7)12(14)15/h3-4H,1-2H3,(H,11,13). The van der Waals surface area contributed by atoms with Gasteiger partial charge >= 0.3 is 0 Å². The molecule has 0 heterocycles. The van der Waals surface area contributed by atoms with E-state index in [9.17, 15) is 23.3 Å². The molecule has 0 radical (unpaired) electrons. The lowest BCUT2D eigenvalue weighted by Gasteiger charge is -2.07. The van der Waals surface area contributed by atoms with Crippen molar-refractivity contribution >= 4 is 38.7 Å². The minimum Gasteiger partial charge on any atom is -0.321 e. The maximum atomic E-state index is 11.4. The Bertz CT molecular complexity index is 626. The molecule has 0 unspecified atom stereocenters. The predicted molar refractivity (Wildman–Crippen MR) is 65.5 cm³/mol. The minimum atomic E-state index is -3.64. The third-order valence-corrected chi connectivity index (χ3v) is 3.52. The number of nitrogens with one attached hydrogen (secondary N) is 1. The molecule has 0 fully saturated rings. The van der Waals surface area contributed by atoms with E-state index in [0.717, 1.165) is 25.3 Å². The van der Waals surface area contributed by atoms with Gasteiger partial charge in [0, 0.05) is 19.2 Å². The van der Waals surface area contributed by atoms with Crippen molar-refractivity contribution in [3.05, 3.63) is 27.3 Å². The highest BCUT2D eigenvalue weighted by Gasteiger charge is 2.22. The molecule has 7 nitrogen and oxygen atoms in total. The van der Waals surface area contributed by atoms with Crippen molar-refractivity contribution in [2.45, 2.75) is 11.8 Å². The maximum absolute atomic E-state index is 11.4. The largest absolute Gasteiger partial charge is 0.321 e. The summed E-state index contributed by atoms with van der Waals surface area (Å²) in [4.78, 5) is 20.6. The van der Waals surface area contributed by atoms with Crippen LogP contribution in [0.5, 0.6) is 0 Å². The summed E-state index contributed by atoms with van der Waals surface area (Å²) < 4.78 is 22.8. The van der Waals surface area contributed by atoms with E-state index in [4.69, 9.17) is 11.6 Å². The number of hydrogen-bond acceptors (Lipinski definition) is 5. The molecule has 0 aliphatic carbocycles. The number of anilines is 1. The zero-order valence-corrected chi connectivity index (χ0v) is 11.0. The molecule has 0 spiro atoms. The van der Waals surface area contributed by atoms with Crippen molar-refractivity contribution < 1.29 is 18.1 Å². The van der Waals surface area contributed by atoms with E-state index in [0.29, 0.717) is 0 Å². The molecule has 0 aliphatic heterocycles. The normalized spacial score (nSPS) is 11.1. The van der Waals surface area contributed by atoms with Crippen LogP contribution < -0.4 is 5.32 Å². The lowest BCUT2D eigenvalue weighted by molar-refractivity contribution is -0.384. The Morgan fingerprint density at radius 2 is 2.00 bits per heavy atom. The van der Waals surface area contributed by atoms with Crippen LogP contribution in [-0.4, -0.2) is 25.5 Å². The van der Waals surface area contributed by atoms with Crippen molar-refractivity contribution in [1.29, 1.82) is 0 Å². The second-order valence-electron chi connectivity index (χ2n) is 3.51. The van der Waals surface area contributed by atoms with E-state index in [2.05, 4.69) is 5.32 Å². The molecule has 9 heteroatoms. The summed E-state index contributed by atoms with van der Waals surface area (Å²) in [5.74, 6) is -0.556. The van der Waals surface area contributed by atoms with Crippen molar-refractivity contribution in [1.82, 2.24) is 0 Å². The van der Waals surface area contributed by atoms with Gasteiger partial charge in [0.2, 0.25) is 5.91 Å². The highest BCUT2D eigenvalue weighted by molar-refractivity contribution is 7.90. The van der Waals surface area contributed by atoms with E-state index < -0.39 is 26.4 Å². The number of rotatable bonds is 3. The average molecular weight is 293 g/mol. The van der Waals surface area contributed by atoms with Crippen LogP contribution >= 0.6 is 11.6 Å². The van der Waals surface area contributed by atoms with Crippen molar-refractivity contribution in [2.24, 2.45) is 0 Å². The summed E-state index contributed by atoms with van der Waals surface area (Å²) in [6.07, 6.45) is 0.914. The molecular formula is C9H9ClN2O5S. The third-order valence-electron chi connectivity index (χ3n) is 1.96. The fourth-order valence-electron chi connectivity index (χ4n) is 1.27. The molecule has 1 rings (SSSR count). The van der Waals surface area contributed by atoms with E-state index in [1.54, 1.807) is 0 Å². The smallest absolute Gasteiger partial charge is 0.294 e. The average Bonchev–Trinajstić information content (AvgIpc) is 2.17. The quantitative estimate of drug-likeness (QED) is 0.673. The maximum Gasteiger partial charge on any atom is 0.294 e. The summed E-state index contributed by atoms with van der Waals surface area (Å²) in [7, 11) is -3.64. The van der Waals surface area contributed by atoms with Gasteiger partial charge in [-0.1, -0.05) is 11.6 Å². The molecule has 1 aromatic carbocycles. The molecule has 1 aromatic rings. The van der Waals surface area contributed by atoms with Crippen LogP contribution in [0.3, 0.4) is 0 Å². The first-order chi connectivity index (χ1) is 8.12. The molecule has 0 saturated heterocycles. The van der Waals surface area contributed by atoms with Crippen molar-refractivity contribution in [3.8, 4) is 0 Å². The molecule has 1 N–H and O–H groups in total. The van der Waals surface area contributed by atoms with Gasteiger partial charge in [0.25, 0.3) is 5.69 Å². The molecule has 98 valence electrons. The van der Waals surface area contributed by atoms with Gasteiger partial charge in [-0.2, -0.15) is 0 Å². The number of carbonyl (C=O) groups is 1. The highest BCUT2D eigenvalue weighted by atomic mass is 35.5. The van der Waals surface area contributed by atoms with Crippen LogP contribution in [0.1, 0.15) is 6.92 Å². The summed E-state index contributed by atoms with van der Waals surface area (Å²) in [5, 5.41) is 12.7. The Morgan fingerprint density at radius 1 is 1.44 bits per heavy atom. The number of nitro benzene ring substituents is 1. The number of nitro groups is 1. The van der Waals surface area contributed by atoms with E-state index in [1.807, 2.05) is 0 Å². The lowest BCUT2D eigenvalue weighted by atomic mass is 10.2. The number of benzene rings is 1. The third kappa shape index (κ3) is 3.17. The van der Waals surface area contributed by atoms with Gasteiger partial charge in [-0.05, 0) is 6.07 Å². The Balaban J connectivity index is 3.55. The number of carbonyl (C=O) groups excluding carboxylic acids is 1. The Kier molecular flexibility index (Phi) is 3.92. The zero-order valence-electron chi connectivity index (χ0n) is 9.43. The Morgan fingerprint density at radius 3 is 2.39 bits per heavy atom. The van der Waals surface area contributed by atoms with Gasteiger partial charge in [-0.3, -0.25) is 14.9 Å². The first kappa shape index (κ1) is 14.4. The first-order valence-corrected chi connectivity index (χ1v) is 6.85. The topological polar surface area (TPSA) is 106 Å². The van der Waals surface area contributed by atoms with Crippen molar-refractivity contribution in [3.63, 3.8) is 0 Å². The Hall–Kier alpha value is -1.67. The van der Waals surface area contributed by atoms with Crippen LogP contribution in [-0.2, 0) is 14.6 Å². The predicted octanol–water partition coefficient (Wildman–Crippen LogP) is 1.61. The van der Waals surface area contributed by atoms with Crippen LogP contribution in [0.25, 0.3) is 0 Å². The number of nitrogens with zero attached hydrogens (tertiary/aromatic N) is 1. The second kappa shape index (κ2) is 4.91. The van der Waals surface area contributed by atoms with Gasteiger partial charge in [-0.25, -0.2) is 8.42 Å². The fraction of sp³-hybridized carbons (Fsp3) is 0.222. The van der Waals surface area contributed by atoms with E-state index in [-0.39, 0.29) is 15.6 Å². The molecule has 18 heavy (non-hydrogen) atoms.